The second-order valence-electron chi connectivity index (χ2n) is 13.1. The number of hydrogen-bond donors (Lipinski definition) is 4. The number of benzene rings is 6. The van der Waals surface area contributed by atoms with E-state index in [4.69, 9.17) is 4.74 Å². The van der Waals surface area contributed by atoms with Gasteiger partial charge in [0.1, 0.15) is 34.3 Å². The van der Waals surface area contributed by atoms with Crippen LogP contribution in [0.4, 0.5) is 11.4 Å². The van der Waals surface area contributed by atoms with Gasteiger partial charge in [-0.15, -0.1) is 0 Å². The fourth-order valence-corrected chi connectivity index (χ4v) is 6.07. The fraction of sp³-hybridized carbons (Fsp3) is 0.0426. The van der Waals surface area contributed by atoms with E-state index in [0.717, 1.165) is 22.4 Å². The van der Waals surface area contributed by atoms with Gasteiger partial charge in [0.2, 0.25) is 11.8 Å². The van der Waals surface area contributed by atoms with Crippen LogP contribution in [0.2, 0.25) is 0 Å². The molecule has 8 rings (SSSR count). The molecule has 2 aromatic heterocycles. The predicted molar refractivity (Wildman–Crippen MR) is 228 cm³/mol. The van der Waals surface area contributed by atoms with E-state index < -0.39 is 5.97 Å². The maximum absolute atomic E-state index is 11.8. The summed E-state index contributed by atoms with van der Waals surface area (Å²) >= 11 is 0. The number of para-hydroxylation sites is 2. The van der Waals surface area contributed by atoms with Crippen LogP contribution in [0.15, 0.2) is 168 Å². The third-order valence-electron chi connectivity index (χ3n) is 9.08. The summed E-state index contributed by atoms with van der Waals surface area (Å²) < 4.78 is 7.63. The zero-order valence-electron chi connectivity index (χ0n) is 32.3. The molecule has 0 spiro atoms. The van der Waals surface area contributed by atoms with Gasteiger partial charge in [0.25, 0.3) is 0 Å². The molecule has 0 fully saturated rings. The van der Waals surface area contributed by atoms with E-state index in [-0.39, 0.29) is 51.3 Å². The van der Waals surface area contributed by atoms with Crippen molar-refractivity contribution in [1.82, 2.24) is 19.6 Å². The normalized spacial score (nSPS) is 10.9. The quantitative estimate of drug-likeness (QED) is 0.0824. The van der Waals surface area contributed by atoms with E-state index in [0.29, 0.717) is 33.9 Å². The van der Waals surface area contributed by atoms with Gasteiger partial charge in [-0.05, 0) is 67.1 Å². The first-order chi connectivity index (χ1) is 28.7. The molecule has 1 radical (unpaired) electrons. The van der Waals surface area contributed by atoms with Crippen molar-refractivity contribution in [1.29, 1.82) is 0 Å². The van der Waals surface area contributed by atoms with E-state index in [1.54, 1.807) is 18.3 Å². The summed E-state index contributed by atoms with van der Waals surface area (Å²) in [6.07, 6.45) is 2.96. The van der Waals surface area contributed by atoms with Gasteiger partial charge in [-0.2, -0.15) is 10.2 Å². The van der Waals surface area contributed by atoms with Crippen LogP contribution in [-0.2, 0) is 21.5 Å². The minimum Gasteiger partial charge on any atom is -0.506 e. The number of rotatable bonds is 9. The molecule has 4 N–H and O–H groups in total. The summed E-state index contributed by atoms with van der Waals surface area (Å²) in [6, 6.07) is 47.1. The monoisotopic (exact) mass is 841 g/mol. The Labute approximate surface area is 355 Å². The number of hydrogen-bond acceptors (Lipinski definition) is 10. The molecular weight excluding hydrogens is 803 g/mol. The van der Waals surface area contributed by atoms with Crippen molar-refractivity contribution >= 4 is 29.8 Å². The van der Waals surface area contributed by atoms with Gasteiger partial charge >= 0.3 is 5.97 Å². The van der Waals surface area contributed by atoms with Crippen molar-refractivity contribution in [2.75, 3.05) is 7.11 Å². The van der Waals surface area contributed by atoms with Crippen molar-refractivity contribution in [2.45, 2.75) is 6.92 Å². The smallest absolute Gasteiger partial charge is 0.337 e. The molecular formula is C47H38CoN6O6. The van der Waals surface area contributed by atoms with E-state index in [1.165, 1.54) is 40.9 Å². The van der Waals surface area contributed by atoms with Crippen LogP contribution in [-0.4, -0.2) is 65.5 Å². The summed E-state index contributed by atoms with van der Waals surface area (Å²) in [4.78, 5) is 20.5. The fourth-order valence-electron chi connectivity index (χ4n) is 6.07. The molecule has 0 bridgehead atoms. The summed E-state index contributed by atoms with van der Waals surface area (Å²) in [5, 5.41) is 51.2. The molecule has 8 aromatic rings. The molecule has 0 aliphatic heterocycles. The van der Waals surface area contributed by atoms with Crippen LogP contribution in [0.25, 0.3) is 33.9 Å². The SMILES string of the molecule is COC(=O)c1ccc(O)c(N=Cc2c(-c3ccccc3)nn(-c3ccccc3)c2O)c1.Cc1ccc(O)c(N=Cc2c(-c3ccccc3)nn(-c3ccccc3)c2O)c1.[Co]. The van der Waals surface area contributed by atoms with Crippen molar-refractivity contribution in [3.63, 3.8) is 0 Å². The average Bonchev–Trinajstić information content (AvgIpc) is 3.79. The zero-order valence-corrected chi connectivity index (χ0v) is 33.3. The second-order valence-corrected chi connectivity index (χ2v) is 13.1. The number of aryl methyl sites for hydroxylation is 1. The Hall–Kier alpha value is -7.74. The zero-order chi connectivity index (χ0) is 41.3. The Morgan fingerprint density at radius 3 is 1.40 bits per heavy atom. The van der Waals surface area contributed by atoms with E-state index in [2.05, 4.69) is 20.2 Å². The number of methoxy groups -OCH3 is 1. The summed E-state index contributed by atoms with van der Waals surface area (Å²) in [7, 11) is 1.28. The molecule has 2 heterocycles. The molecule has 6 aromatic carbocycles. The number of nitrogens with zero attached hydrogens (tertiary/aromatic N) is 6. The van der Waals surface area contributed by atoms with Gasteiger partial charge in [-0.1, -0.05) is 103 Å². The van der Waals surface area contributed by atoms with Crippen LogP contribution in [0.3, 0.4) is 0 Å². The Morgan fingerprint density at radius 2 is 0.967 bits per heavy atom. The number of aliphatic imine (C=N–C) groups is 2. The molecule has 0 aliphatic rings. The molecule has 0 amide bonds. The third kappa shape index (κ3) is 9.34. The number of phenols is 2. The van der Waals surface area contributed by atoms with Gasteiger partial charge in [0.15, 0.2) is 0 Å². The first-order valence-electron chi connectivity index (χ1n) is 18.4. The van der Waals surface area contributed by atoms with Gasteiger partial charge in [-0.3, -0.25) is 9.98 Å². The summed E-state index contributed by atoms with van der Waals surface area (Å²) in [5.41, 5.74) is 6.91. The molecule has 301 valence electrons. The van der Waals surface area contributed by atoms with Crippen LogP contribution >= 0.6 is 0 Å². The Morgan fingerprint density at radius 1 is 0.567 bits per heavy atom. The molecule has 0 saturated carbocycles. The summed E-state index contributed by atoms with van der Waals surface area (Å²) in [6.45, 7) is 1.93. The first kappa shape index (κ1) is 41.9. The molecule has 13 heteroatoms. The minimum absolute atomic E-state index is 0. The maximum Gasteiger partial charge on any atom is 0.337 e. The minimum atomic E-state index is -0.541. The number of carbonyl (C=O) groups is 1. The van der Waals surface area contributed by atoms with Gasteiger partial charge in [-0.25, -0.2) is 14.2 Å². The van der Waals surface area contributed by atoms with Crippen molar-refractivity contribution in [3.8, 4) is 57.1 Å². The van der Waals surface area contributed by atoms with Crippen molar-refractivity contribution in [2.24, 2.45) is 9.98 Å². The van der Waals surface area contributed by atoms with Gasteiger partial charge in [0, 0.05) is 40.3 Å². The number of esters is 1. The Kier molecular flexibility index (Phi) is 13.4. The van der Waals surface area contributed by atoms with Crippen LogP contribution in [0.1, 0.15) is 27.0 Å². The van der Waals surface area contributed by atoms with E-state index in [9.17, 15) is 25.2 Å². The molecule has 0 unspecified atom stereocenters. The molecule has 0 atom stereocenters. The van der Waals surface area contributed by atoms with E-state index in [1.807, 2.05) is 134 Å². The first-order valence-corrected chi connectivity index (χ1v) is 18.4. The van der Waals surface area contributed by atoms with Crippen LogP contribution < -0.4 is 0 Å². The third-order valence-corrected chi connectivity index (χ3v) is 9.08. The average molecular weight is 842 g/mol. The maximum atomic E-state index is 11.8. The number of aromatic hydroxyl groups is 4. The van der Waals surface area contributed by atoms with Crippen molar-refractivity contribution in [3.05, 3.63) is 180 Å². The standard InChI is InChI=1S/C24H19N3O4.C23H19N3O2.Co/c1-31-24(30)17-12-13-21(28)20(14-17)25-15-19-22(16-8-4-2-5-9-16)26-27(23(19)29)18-10-6-3-7-11-18;1-16-12-13-21(27)20(14-16)24-15-19-22(17-8-4-2-5-9-17)25-26(23(19)28)18-10-6-3-7-11-18;/h2-15,28-29H,1H3;2-15,27-28H,1H3;. The van der Waals surface area contributed by atoms with E-state index >= 15 is 0 Å². The number of aromatic nitrogens is 4. The number of carbonyl (C=O) groups excluding carboxylic acids is 1. The van der Waals surface area contributed by atoms with Crippen LogP contribution in [0.5, 0.6) is 23.3 Å². The predicted octanol–water partition coefficient (Wildman–Crippen LogP) is 9.49. The van der Waals surface area contributed by atoms with Gasteiger partial charge < -0.3 is 25.2 Å². The Balaban J connectivity index is 0.000000199. The molecule has 0 saturated heterocycles. The molecule has 60 heavy (non-hydrogen) atoms. The number of ether oxygens (including phenoxy) is 1. The van der Waals surface area contributed by atoms with Crippen LogP contribution in [0, 0.1) is 6.92 Å². The van der Waals surface area contributed by atoms with Gasteiger partial charge in [0.05, 0.1) is 35.2 Å². The Bertz CT molecular complexity index is 2770. The number of phenolic OH excluding ortho intramolecular Hbond substituents is 2. The largest absolute Gasteiger partial charge is 0.506 e. The summed E-state index contributed by atoms with van der Waals surface area (Å²) in [5.74, 6) is -0.683. The molecule has 0 aliphatic carbocycles. The molecule has 12 nitrogen and oxygen atoms in total. The van der Waals surface area contributed by atoms with Crippen molar-refractivity contribution < 1.29 is 46.7 Å². The second kappa shape index (κ2) is 19.1. The topological polar surface area (TPSA) is 168 Å².